The van der Waals surface area contributed by atoms with Gasteiger partial charge in [-0.2, -0.15) is 0 Å². The number of carbonyl (C=O) groups excluding carboxylic acids is 1. The zero-order chi connectivity index (χ0) is 15.9. The molecule has 3 nitrogen and oxygen atoms in total. The molecule has 1 unspecified atom stereocenters. The SMILES string of the molecule is CCCN(C(=O)CCc1ccc(C(C)C)cc1)C1CCNC1.Cl. The molecule has 1 aliphatic heterocycles. The standard InChI is InChI=1S/C19H30N2O.ClH/c1-4-13-21(18-11-12-20-14-18)19(22)10-7-16-5-8-17(9-6-16)15(2)3;/h5-6,8-9,15,18,20H,4,7,10-14H2,1-3H3;1H. The Bertz CT molecular complexity index is 467. The number of halogens is 1. The van der Waals surface area contributed by atoms with E-state index in [9.17, 15) is 4.79 Å². The van der Waals surface area contributed by atoms with Crippen LogP contribution in [0.1, 0.15) is 57.1 Å². The van der Waals surface area contributed by atoms with Crippen LogP contribution in [0.15, 0.2) is 24.3 Å². The van der Waals surface area contributed by atoms with Gasteiger partial charge in [0.25, 0.3) is 0 Å². The van der Waals surface area contributed by atoms with Gasteiger partial charge >= 0.3 is 0 Å². The van der Waals surface area contributed by atoms with Gasteiger partial charge in [0.2, 0.25) is 5.91 Å². The zero-order valence-electron chi connectivity index (χ0n) is 14.7. The summed E-state index contributed by atoms with van der Waals surface area (Å²) in [6, 6.07) is 9.12. The van der Waals surface area contributed by atoms with E-state index in [-0.39, 0.29) is 12.4 Å². The molecule has 1 atom stereocenters. The van der Waals surface area contributed by atoms with Gasteiger partial charge in [-0.15, -0.1) is 12.4 Å². The van der Waals surface area contributed by atoms with Gasteiger partial charge in [0.15, 0.2) is 0 Å². The lowest BCUT2D eigenvalue weighted by Gasteiger charge is -2.28. The molecule has 0 aliphatic carbocycles. The number of hydrogen-bond donors (Lipinski definition) is 1. The fourth-order valence-corrected chi connectivity index (χ4v) is 3.12. The van der Waals surface area contributed by atoms with Crippen molar-refractivity contribution in [1.29, 1.82) is 0 Å². The first-order valence-corrected chi connectivity index (χ1v) is 8.70. The summed E-state index contributed by atoms with van der Waals surface area (Å²) in [6.07, 6.45) is 3.59. The van der Waals surface area contributed by atoms with Crippen molar-refractivity contribution in [3.8, 4) is 0 Å². The summed E-state index contributed by atoms with van der Waals surface area (Å²) in [5.41, 5.74) is 2.62. The van der Waals surface area contributed by atoms with Crippen molar-refractivity contribution in [3.05, 3.63) is 35.4 Å². The fourth-order valence-electron chi connectivity index (χ4n) is 3.12. The molecule has 0 spiro atoms. The predicted molar refractivity (Wildman–Crippen MR) is 99.4 cm³/mol. The van der Waals surface area contributed by atoms with E-state index in [4.69, 9.17) is 0 Å². The molecule has 1 aromatic rings. The summed E-state index contributed by atoms with van der Waals surface area (Å²) >= 11 is 0. The van der Waals surface area contributed by atoms with Crippen LogP contribution in [0.25, 0.3) is 0 Å². The topological polar surface area (TPSA) is 32.3 Å². The van der Waals surface area contributed by atoms with Crippen LogP contribution in [0.4, 0.5) is 0 Å². The van der Waals surface area contributed by atoms with Crippen LogP contribution in [-0.2, 0) is 11.2 Å². The molecule has 0 aromatic heterocycles. The van der Waals surface area contributed by atoms with Crippen molar-refractivity contribution in [1.82, 2.24) is 10.2 Å². The van der Waals surface area contributed by atoms with Crippen LogP contribution < -0.4 is 5.32 Å². The lowest BCUT2D eigenvalue weighted by molar-refractivity contribution is -0.133. The first-order valence-electron chi connectivity index (χ1n) is 8.70. The Labute approximate surface area is 147 Å². The van der Waals surface area contributed by atoms with Crippen LogP contribution in [0.3, 0.4) is 0 Å². The largest absolute Gasteiger partial charge is 0.338 e. The third kappa shape index (κ3) is 5.82. The van der Waals surface area contributed by atoms with Gasteiger partial charge in [0, 0.05) is 25.6 Å². The van der Waals surface area contributed by atoms with E-state index >= 15 is 0 Å². The number of amides is 1. The summed E-state index contributed by atoms with van der Waals surface area (Å²) in [5, 5.41) is 3.36. The molecule has 4 heteroatoms. The molecule has 1 aromatic carbocycles. The Morgan fingerprint density at radius 1 is 1.30 bits per heavy atom. The normalized spacial score (nSPS) is 17.1. The van der Waals surface area contributed by atoms with Crippen molar-refractivity contribution in [2.75, 3.05) is 19.6 Å². The molecular weight excluding hydrogens is 308 g/mol. The van der Waals surface area contributed by atoms with Gasteiger partial charge in [-0.25, -0.2) is 0 Å². The summed E-state index contributed by atoms with van der Waals surface area (Å²) in [4.78, 5) is 14.7. The first kappa shape index (κ1) is 20.0. The fraction of sp³-hybridized carbons (Fsp3) is 0.632. The predicted octanol–water partition coefficient (Wildman–Crippen LogP) is 3.76. The second kappa shape index (κ2) is 9.94. The highest BCUT2D eigenvalue weighted by Crippen LogP contribution is 2.17. The van der Waals surface area contributed by atoms with E-state index in [0.717, 1.165) is 38.9 Å². The van der Waals surface area contributed by atoms with Crippen LogP contribution in [0.5, 0.6) is 0 Å². The van der Waals surface area contributed by atoms with Crippen molar-refractivity contribution < 1.29 is 4.79 Å². The maximum Gasteiger partial charge on any atom is 0.223 e. The minimum absolute atomic E-state index is 0. The maximum atomic E-state index is 12.6. The van der Waals surface area contributed by atoms with Crippen LogP contribution >= 0.6 is 12.4 Å². The number of aryl methyl sites for hydroxylation is 1. The molecule has 0 radical (unpaired) electrons. The minimum Gasteiger partial charge on any atom is -0.338 e. The van der Waals surface area contributed by atoms with E-state index in [1.807, 2.05) is 0 Å². The molecule has 1 heterocycles. The lowest BCUT2D eigenvalue weighted by atomic mass is 10.00. The van der Waals surface area contributed by atoms with Gasteiger partial charge in [-0.05, 0) is 42.9 Å². The van der Waals surface area contributed by atoms with Crippen molar-refractivity contribution >= 4 is 18.3 Å². The van der Waals surface area contributed by atoms with E-state index in [2.05, 4.69) is 55.3 Å². The Hall–Kier alpha value is -1.06. The van der Waals surface area contributed by atoms with Crippen LogP contribution in [0, 0.1) is 0 Å². The highest BCUT2D eigenvalue weighted by atomic mass is 35.5. The number of nitrogens with one attached hydrogen (secondary N) is 1. The molecule has 1 amide bonds. The minimum atomic E-state index is 0. The Kier molecular flexibility index (Phi) is 8.64. The van der Waals surface area contributed by atoms with Crippen LogP contribution in [-0.4, -0.2) is 36.5 Å². The van der Waals surface area contributed by atoms with E-state index < -0.39 is 0 Å². The molecule has 0 saturated carbocycles. The molecular formula is C19H31ClN2O. The first-order chi connectivity index (χ1) is 10.6. The average Bonchev–Trinajstić information content (AvgIpc) is 3.04. The molecule has 1 aliphatic rings. The smallest absolute Gasteiger partial charge is 0.223 e. The summed E-state index contributed by atoms with van der Waals surface area (Å²) in [5.74, 6) is 0.870. The maximum absolute atomic E-state index is 12.6. The molecule has 2 rings (SSSR count). The van der Waals surface area contributed by atoms with Gasteiger partial charge in [-0.1, -0.05) is 45.0 Å². The van der Waals surface area contributed by atoms with E-state index in [1.54, 1.807) is 0 Å². The number of nitrogens with zero attached hydrogens (tertiary/aromatic N) is 1. The summed E-state index contributed by atoms with van der Waals surface area (Å²) in [7, 11) is 0. The van der Waals surface area contributed by atoms with Gasteiger partial charge in [-0.3, -0.25) is 4.79 Å². The number of benzene rings is 1. The number of hydrogen-bond acceptors (Lipinski definition) is 2. The zero-order valence-corrected chi connectivity index (χ0v) is 15.5. The molecule has 1 fully saturated rings. The lowest BCUT2D eigenvalue weighted by Crippen LogP contribution is -2.42. The summed E-state index contributed by atoms with van der Waals surface area (Å²) in [6.45, 7) is 9.43. The van der Waals surface area contributed by atoms with Gasteiger partial charge < -0.3 is 10.2 Å². The highest BCUT2D eigenvalue weighted by Gasteiger charge is 2.25. The molecule has 1 N–H and O–H groups in total. The number of carbonyl (C=O) groups is 1. The quantitative estimate of drug-likeness (QED) is 0.820. The molecule has 0 bridgehead atoms. The van der Waals surface area contributed by atoms with E-state index in [1.165, 1.54) is 11.1 Å². The Morgan fingerprint density at radius 3 is 2.52 bits per heavy atom. The van der Waals surface area contributed by atoms with Gasteiger partial charge in [0.1, 0.15) is 0 Å². The van der Waals surface area contributed by atoms with Crippen molar-refractivity contribution in [2.24, 2.45) is 0 Å². The number of rotatable bonds is 7. The third-order valence-corrected chi connectivity index (χ3v) is 4.53. The Morgan fingerprint density at radius 2 is 2.00 bits per heavy atom. The second-order valence-corrected chi connectivity index (χ2v) is 6.63. The average molecular weight is 339 g/mol. The summed E-state index contributed by atoms with van der Waals surface area (Å²) < 4.78 is 0. The monoisotopic (exact) mass is 338 g/mol. The second-order valence-electron chi connectivity index (χ2n) is 6.63. The molecule has 23 heavy (non-hydrogen) atoms. The van der Waals surface area contributed by atoms with Gasteiger partial charge in [0.05, 0.1) is 0 Å². The van der Waals surface area contributed by atoms with Crippen molar-refractivity contribution in [3.63, 3.8) is 0 Å². The third-order valence-electron chi connectivity index (χ3n) is 4.53. The van der Waals surface area contributed by atoms with Crippen molar-refractivity contribution in [2.45, 2.75) is 58.4 Å². The Balaban J connectivity index is 0.00000264. The van der Waals surface area contributed by atoms with E-state index in [0.29, 0.717) is 24.3 Å². The molecule has 1 saturated heterocycles. The van der Waals surface area contributed by atoms with Crippen LogP contribution in [0.2, 0.25) is 0 Å². The molecule has 130 valence electrons. The highest BCUT2D eigenvalue weighted by molar-refractivity contribution is 5.85.